The third kappa shape index (κ3) is 46.0. The van der Waals surface area contributed by atoms with Gasteiger partial charge in [0.1, 0.15) is 19.8 Å². The van der Waals surface area contributed by atoms with Gasteiger partial charge in [0, 0.05) is 12.8 Å². The fourth-order valence-electron chi connectivity index (χ4n) is 7.03. The molecular formula is C50H97NO8P+. The van der Waals surface area contributed by atoms with Gasteiger partial charge < -0.3 is 18.9 Å². The number of phosphoric acid groups is 1. The standard InChI is InChI=1S/C50H96NO8P/c1-6-8-10-12-14-16-18-20-22-23-24-25-26-27-28-29-31-32-34-36-38-40-42-49(52)56-46-48(47-58-60(54,55)57-45-44-51(3,4)5)59-50(53)43-41-39-37-35-33-30-21-19-17-15-13-11-9-7-2/h13,15,19,21,48H,6-12,14,16-18,20,22-47H2,1-5H3/p+1/b15-13-,21-19-. The van der Waals surface area contributed by atoms with Gasteiger partial charge in [-0.2, -0.15) is 0 Å². The highest BCUT2D eigenvalue weighted by atomic mass is 31.2. The molecule has 60 heavy (non-hydrogen) atoms. The van der Waals surface area contributed by atoms with Gasteiger partial charge in [0.25, 0.3) is 0 Å². The first-order valence-corrected chi connectivity index (χ1v) is 26.6. The molecule has 0 bridgehead atoms. The highest BCUT2D eigenvalue weighted by Crippen LogP contribution is 2.43. The Morgan fingerprint density at radius 2 is 0.917 bits per heavy atom. The van der Waals surface area contributed by atoms with E-state index in [1.165, 1.54) is 135 Å². The van der Waals surface area contributed by atoms with Crippen LogP contribution in [0.1, 0.15) is 232 Å². The van der Waals surface area contributed by atoms with Gasteiger partial charge in [-0.1, -0.05) is 205 Å². The molecule has 0 heterocycles. The lowest BCUT2D eigenvalue weighted by Gasteiger charge is -2.24. The molecule has 354 valence electrons. The summed E-state index contributed by atoms with van der Waals surface area (Å²) in [6.07, 6.45) is 48.0. The second-order valence-corrected chi connectivity index (χ2v) is 19.7. The largest absolute Gasteiger partial charge is 0.472 e. The number of nitrogens with zero attached hydrogens (tertiary/aromatic N) is 1. The number of carbonyl (C=O) groups is 2. The molecule has 0 aromatic carbocycles. The van der Waals surface area contributed by atoms with E-state index < -0.39 is 26.5 Å². The molecule has 0 saturated heterocycles. The zero-order valence-electron chi connectivity index (χ0n) is 40.0. The van der Waals surface area contributed by atoms with Crippen molar-refractivity contribution in [3.63, 3.8) is 0 Å². The van der Waals surface area contributed by atoms with Crippen molar-refractivity contribution in [2.45, 2.75) is 238 Å². The molecule has 0 spiro atoms. The van der Waals surface area contributed by atoms with Crippen molar-refractivity contribution >= 4 is 19.8 Å². The van der Waals surface area contributed by atoms with Crippen LogP contribution in [0, 0.1) is 0 Å². The van der Waals surface area contributed by atoms with E-state index in [1.54, 1.807) is 0 Å². The number of rotatable bonds is 46. The highest BCUT2D eigenvalue weighted by Gasteiger charge is 2.27. The zero-order chi connectivity index (χ0) is 44.3. The van der Waals surface area contributed by atoms with Crippen molar-refractivity contribution in [1.82, 2.24) is 0 Å². The molecule has 0 aromatic heterocycles. The van der Waals surface area contributed by atoms with E-state index in [-0.39, 0.29) is 25.6 Å². The number of unbranched alkanes of at least 4 members (excludes halogenated alkanes) is 28. The minimum Gasteiger partial charge on any atom is -0.462 e. The number of hydrogen-bond donors (Lipinski definition) is 1. The maximum absolute atomic E-state index is 12.7. The molecule has 0 rings (SSSR count). The number of quaternary nitrogens is 1. The van der Waals surface area contributed by atoms with Crippen LogP contribution < -0.4 is 0 Å². The molecule has 10 heteroatoms. The Morgan fingerprint density at radius 3 is 1.37 bits per heavy atom. The number of hydrogen-bond acceptors (Lipinski definition) is 7. The van der Waals surface area contributed by atoms with Crippen molar-refractivity contribution < 1.29 is 42.1 Å². The summed E-state index contributed by atoms with van der Waals surface area (Å²) in [6, 6.07) is 0. The quantitative estimate of drug-likeness (QED) is 0.0212. The van der Waals surface area contributed by atoms with Gasteiger partial charge >= 0.3 is 19.8 Å². The van der Waals surface area contributed by atoms with E-state index in [4.69, 9.17) is 18.5 Å². The molecule has 0 aliphatic heterocycles. The molecule has 9 nitrogen and oxygen atoms in total. The third-order valence-corrected chi connectivity index (χ3v) is 12.0. The summed E-state index contributed by atoms with van der Waals surface area (Å²) in [7, 11) is 1.48. The number of carbonyl (C=O) groups excluding carboxylic acids is 2. The summed E-state index contributed by atoms with van der Waals surface area (Å²) >= 11 is 0. The SMILES string of the molecule is CCCC/C=C\C/C=C\CCCCCCCC(=O)OC(COC(=O)CCCCCCCCCCCCCCCCCCCCCCCC)COP(=O)(O)OCC[N+](C)(C)C. The maximum atomic E-state index is 12.7. The van der Waals surface area contributed by atoms with Gasteiger partial charge in [-0.3, -0.25) is 18.6 Å². The Balaban J connectivity index is 4.19. The lowest BCUT2D eigenvalue weighted by Crippen LogP contribution is -2.37. The van der Waals surface area contributed by atoms with Crippen LogP contribution in [0.5, 0.6) is 0 Å². The van der Waals surface area contributed by atoms with Gasteiger partial charge in [0.05, 0.1) is 27.7 Å². The van der Waals surface area contributed by atoms with Gasteiger partial charge in [-0.05, 0) is 38.5 Å². The molecule has 0 aromatic rings. The predicted molar refractivity (Wildman–Crippen MR) is 252 cm³/mol. The Morgan fingerprint density at radius 1 is 0.517 bits per heavy atom. The zero-order valence-corrected chi connectivity index (χ0v) is 40.9. The average molecular weight is 871 g/mol. The molecular weight excluding hydrogens is 774 g/mol. The Kier molecular flexibility index (Phi) is 41.7. The molecule has 0 fully saturated rings. The summed E-state index contributed by atoms with van der Waals surface area (Å²) in [6.45, 7) is 4.40. The summed E-state index contributed by atoms with van der Waals surface area (Å²) in [5.41, 5.74) is 0. The van der Waals surface area contributed by atoms with E-state index in [1.807, 2.05) is 21.1 Å². The van der Waals surface area contributed by atoms with Crippen molar-refractivity contribution in [2.24, 2.45) is 0 Å². The average Bonchev–Trinajstić information content (AvgIpc) is 3.20. The van der Waals surface area contributed by atoms with Gasteiger partial charge in [0.15, 0.2) is 6.10 Å². The van der Waals surface area contributed by atoms with Crippen LogP contribution in [-0.2, 0) is 32.7 Å². The molecule has 1 N–H and O–H groups in total. The first-order chi connectivity index (χ1) is 29.0. The second kappa shape index (κ2) is 42.8. The molecule has 0 aliphatic carbocycles. The van der Waals surface area contributed by atoms with E-state index in [2.05, 4.69) is 38.2 Å². The predicted octanol–water partition coefficient (Wildman–Crippen LogP) is 14.7. The first kappa shape index (κ1) is 58.5. The lowest BCUT2D eigenvalue weighted by atomic mass is 10.0. The highest BCUT2D eigenvalue weighted by molar-refractivity contribution is 7.47. The van der Waals surface area contributed by atoms with Crippen molar-refractivity contribution in [3.8, 4) is 0 Å². The van der Waals surface area contributed by atoms with Crippen LogP contribution in [0.2, 0.25) is 0 Å². The van der Waals surface area contributed by atoms with Crippen LogP contribution in [0.15, 0.2) is 24.3 Å². The molecule has 2 atom stereocenters. The number of likely N-dealkylation sites (N-methyl/N-ethyl adjacent to an activating group) is 1. The summed E-state index contributed by atoms with van der Waals surface area (Å²) in [5, 5.41) is 0. The topological polar surface area (TPSA) is 108 Å². The van der Waals surface area contributed by atoms with E-state index >= 15 is 0 Å². The Bertz CT molecular complexity index is 1070. The van der Waals surface area contributed by atoms with Crippen molar-refractivity contribution in [3.05, 3.63) is 24.3 Å². The van der Waals surface area contributed by atoms with Crippen LogP contribution in [0.25, 0.3) is 0 Å². The van der Waals surface area contributed by atoms with Crippen LogP contribution in [-0.4, -0.2) is 74.9 Å². The normalized spacial score (nSPS) is 13.6. The monoisotopic (exact) mass is 871 g/mol. The number of esters is 2. The van der Waals surface area contributed by atoms with Crippen LogP contribution >= 0.6 is 7.82 Å². The number of allylic oxidation sites excluding steroid dienone is 4. The number of ether oxygens (including phenoxy) is 2. The fraction of sp³-hybridized carbons (Fsp3) is 0.880. The van der Waals surface area contributed by atoms with E-state index in [0.29, 0.717) is 23.9 Å². The Hall–Kier alpha value is -1.51. The number of phosphoric ester groups is 1. The Labute approximate surface area is 370 Å². The first-order valence-electron chi connectivity index (χ1n) is 25.1. The molecule has 0 saturated carbocycles. The van der Waals surface area contributed by atoms with Crippen molar-refractivity contribution in [1.29, 1.82) is 0 Å². The minimum absolute atomic E-state index is 0.0308. The van der Waals surface area contributed by atoms with Gasteiger partial charge in [-0.15, -0.1) is 0 Å². The smallest absolute Gasteiger partial charge is 0.462 e. The van der Waals surface area contributed by atoms with Crippen molar-refractivity contribution in [2.75, 3.05) is 47.5 Å². The van der Waals surface area contributed by atoms with Crippen LogP contribution in [0.3, 0.4) is 0 Å². The van der Waals surface area contributed by atoms with Gasteiger partial charge in [-0.25, -0.2) is 4.57 Å². The van der Waals surface area contributed by atoms with E-state index in [9.17, 15) is 19.0 Å². The maximum Gasteiger partial charge on any atom is 0.472 e. The molecule has 0 amide bonds. The molecule has 0 radical (unpaired) electrons. The van der Waals surface area contributed by atoms with E-state index in [0.717, 1.165) is 64.2 Å². The minimum atomic E-state index is -4.38. The summed E-state index contributed by atoms with van der Waals surface area (Å²) < 4.78 is 34.4. The van der Waals surface area contributed by atoms with Gasteiger partial charge in [0.2, 0.25) is 0 Å². The van der Waals surface area contributed by atoms with Crippen LogP contribution in [0.4, 0.5) is 0 Å². The second-order valence-electron chi connectivity index (χ2n) is 18.2. The third-order valence-electron chi connectivity index (χ3n) is 11.0. The fourth-order valence-corrected chi connectivity index (χ4v) is 7.77. The molecule has 2 unspecified atom stereocenters. The summed E-state index contributed by atoms with van der Waals surface area (Å²) in [5.74, 6) is -0.804. The lowest BCUT2D eigenvalue weighted by molar-refractivity contribution is -0.870. The summed E-state index contributed by atoms with van der Waals surface area (Å²) in [4.78, 5) is 35.5. The molecule has 0 aliphatic rings.